The summed E-state index contributed by atoms with van der Waals surface area (Å²) in [4.78, 5) is 15.4. The number of nitrogens with two attached hydrogens (primary N) is 1. The summed E-state index contributed by atoms with van der Waals surface area (Å²) in [6.07, 6.45) is 0. The Morgan fingerprint density at radius 3 is 2.76 bits per heavy atom. The van der Waals surface area contributed by atoms with Crippen molar-refractivity contribution in [3.8, 4) is 0 Å². The van der Waals surface area contributed by atoms with Gasteiger partial charge in [0.2, 0.25) is 0 Å². The number of aliphatic carboxylic acids is 1. The van der Waals surface area contributed by atoms with E-state index < -0.39 is 16.8 Å². The molecule has 4 nitrogen and oxygen atoms in total. The highest BCUT2D eigenvalue weighted by molar-refractivity contribution is 8.15. The molecule has 0 aliphatic carbocycles. The smallest absolute Gasteiger partial charge is 0.329 e. The first-order chi connectivity index (χ1) is 7.90. The third kappa shape index (κ3) is 2.29. The number of carboxylic acids is 1. The van der Waals surface area contributed by atoms with Crippen LogP contribution in [0.25, 0.3) is 0 Å². The molecule has 0 saturated heterocycles. The number of hydrogen-bond acceptors (Lipinski definition) is 4. The van der Waals surface area contributed by atoms with Gasteiger partial charge in [-0.05, 0) is 26.0 Å². The van der Waals surface area contributed by atoms with Crippen molar-refractivity contribution in [1.82, 2.24) is 0 Å². The van der Waals surface area contributed by atoms with Crippen LogP contribution in [0.1, 0.15) is 19.4 Å². The molecule has 0 bridgehead atoms. The Morgan fingerprint density at radius 2 is 2.24 bits per heavy atom. The number of benzene rings is 1. The fourth-order valence-corrected chi connectivity index (χ4v) is 2.93. The third-order valence-corrected chi connectivity index (χ3v) is 3.92. The number of rotatable bonds is 2. The summed E-state index contributed by atoms with van der Waals surface area (Å²) in [5.41, 5.74) is 7.24. The van der Waals surface area contributed by atoms with Crippen LogP contribution in [0.4, 0.5) is 5.69 Å². The first-order valence-electron chi connectivity index (χ1n) is 5.26. The number of hydrogen-bond donors (Lipinski definition) is 2. The number of carboxylic acid groups (broad SMARTS) is 1. The van der Waals surface area contributed by atoms with Crippen LogP contribution in [0.3, 0.4) is 0 Å². The van der Waals surface area contributed by atoms with E-state index in [-0.39, 0.29) is 0 Å². The normalized spacial score (nSPS) is 22.2. The lowest BCUT2D eigenvalue weighted by atomic mass is 10.0. The van der Waals surface area contributed by atoms with Crippen LogP contribution in [-0.4, -0.2) is 26.9 Å². The molecule has 1 heterocycles. The fourth-order valence-electron chi connectivity index (χ4n) is 1.76. The highest BCUT2D eigenvalue weighted by Gasteiger charge is 2.42. The van der Waals surface area contributed by atoms with Crippen LogP contribution in [-0.2, 0) is 4.79 Å². The Balaban J connectivity index is 2.36. The van der Waals surface area contributed by atoms with Gasteiger partial charge in [-0.3, -0.25) is 4.99 Å². The Hall–Kier alpha value is -1.49. The van der Waals surface area contributed by atoms with E-state index in [2.05, 4.69) is 4.99 Å². The molecule has 17 heavy (non-hydrogen) atoms. The molecule has 0 aromatic heterocycles. The van der Waals surface area contributed by atoms with E-state index in [4.69, 9.17) is 10.8 Å². The second-order valence-electron chi connectivity index (χ2n) is 4.51. The zero-order valence-electron chi connectivity index (χ0n) is 9.68. The summed E-state index contributed by atoms with van der Waals surface area (Å²) < 4.78 is -0.425. The monoisotopic (exact) mass is 250 g/mol. The maximum Gasteiger partial charge on any atom is 0.329 e. The fraction of sp³-hybridized carbons (Fsp3) is 0.333. The van der Waals surface area contributed by atoms with Gasteiger partial charge in [0.1, 0.15) is 0 Å². The van der Waals surface area contributed by atoms with Crippen LogP contribution in [0.5, 0.6) is 0 Å². The Morgan fingerprint density at radius 1 is 1.53 bits per heavy atom. The van der Waals surface area contributed by atoms with E-state index in [1.807, 2.05) is 32.0 Å². The molecule has 0 saturated carbocycles. The van der Waals surface area contributed by atoms with E-state index in [0.29, 0.717) is 5.69 Å². The predicted molar refractivity (Wildman–Crippen MR) is 70.5 cm³/mol. The summed E-state index contributed by atoms with van der Waals surface area (Å²) in [6, 6.07) is 6.64. The molecule has 3 N–H and O–H groups in total. The molecule has 0 amide bonds. The quantitative estimate of drug-likeness (QED) is 0.787. The zero-order valence-corrected chi connectivity index (χ0v) is 10.5. The molecule has 1 aromatic rings. The molecule has 1 aromatic carbocycles. The summed E-state index contributed by atoms with van der Waals surface area (Å²) in [7, 11) is 0. The van der Waals surface area contributed by atoms with Gasteiger partial charge in [0.15, 0.2) is 6.04 Å². The lowest BCUT2D eigenvalue weighted by Crippen LogP contribution is -2.34. The van der Waals surface area contributed by atoms with Gasteiger partial charge in [-0.2, -0.15) is 0 Å². The van der Waals surface area contributed by atoms with Gasteiger partial charge in [0, 0.05) is 16.0 Å². The van der Waals surface area contributed by atoms with Crippen LogP contribution in [0.2, 0.25) is 0 Å². The van der Waals surface area contributed by atoms with Crippen molar-refractivity contribution in [2.45, 2.75) is 24.6 Å². The van der Waals surface area contributed by atoms with E-state index in [0.717, 1.165) is 10.6 Å². The standard InChI is InChI=1S/C12H14N2O2S/c1-12(2)9(11(15)16)14-10(17-12)7-4-3-5-8(13)6-7/h3-6,9H,13H2,1-2H3,(H,15,16)/t9-/m0/s1. The zero-order chi connectivity index (χ0) is 12.6. The molecular weight excluding hydrogens is 236 g/mol. The largest absolute Gasteiger partial charge is 0.480 e. The number of thioether (sulfide) groups is 1. The van der Waals surface area contributed by atoms with Crippen molar-refractivity contribution >= 4 is 28.5 Å². The number of nitrogens with zero attached hydrogens (tertiary/aromatic N) is 1. The van der Waals surface area contributed by atoms with Crippen molar-refractivity contribution in [3.05, 3.63) is 29.8 Å². The lowest BCUT2D eigenvalue weighted by molar-refractivity contribution is -0.138. The van der Waals surface area contributed by atoms with E-state index >= 15 is 0 Å². The molecule has 0 spiro atoms. The van der Waals surface area contributed by atoms with Gasteiger partial charge in [-0.25, -0.2) is 4.79 Å². The molecule has 90 valence electrons. The van der Waals surface area contributed by atoms with Gasteiger partial charge < -0.3 is 10.8 Å². The van der Waals surface area contributed by atoms with E-state index in [1.54, 1.807) is 6.07 Å². The van der Waals surface area contributed by atoms with Gasteiger partial charge in [0.05, 0.1) is 5.04 Å². The number of aliphatic imine (C=N–C) groups is 1. The van der Waals surface area contributed by atoms with Crippen molar-refractivity contribution in [2.24, 2.45) is 4.99 Å². The van der Waals surface area contributed by atoms with Gasteiger partial charge in [-0.15, -0.1) is 0 Å². The average Bonchev–Trinajstić information content (AvgIpc) is 2.54. The van der Waals surface area contributed by atoms with Crippen LogP contribution < -0.4 is 5.73 Å². The second-order valence-corrected chi connectivity index (χ2v) is 6.15. The van der Waals surface area contributed by atoms with Crippen LogP contribution in [0, 0.1) is 0 Å². The summed E-state index contributed by atoms with van der Waals surface area (Å²) in [5, 5.41) is 9.87. The van der Waals surface area contributed by atoms with Gasteiger partial charge in [-0.1, -0.05) is 23.9 Å². The van der Waals surface area contributed by atoms with Crippen molar-refractivity contribution in [3.63, 3.8) is 0 Å². The molecular formula is C12H14N2O2S. The second kappa shape index (κ2) is 4.07. The molecule has 0 fully saturated rings. The Kier molecular flexibility index (Phi) is 2.87. The van der Waals surface area contributed by atoms with Gasteiger partial charge in [0.25, 0.3) is 0 Å². The topological polar surface area (TPSA) is 75.7 Å². The molecule has 1 aliphatic heterocycles. The lowest BCUT2D eigenvalue weighted by Gasteiger charge is -2.20. The van der Waals surface area contributed by atoms with Crippen LogP contribution >= 0.6 is 11.8 Å². The highest BCUT2D eigenvalue weighted by atomic mass is 32.2. The summed E-state index contributed by atoms with van der Waals surface area (Å²) in [6.45, 7) is 3.78. The Bertz CT molecular complexity index is 497. The minimum atomic E-state index is -0.888. The molecule has 0 radical (unpaired) electrons. The van der Waals surface area contributed by atoms with Crippen molar-refractivity contribution in [2.75, 3.05) is 5.73 Å². The SMILES string of the molecule is CC1(C)SC(c2cccc(N)c2)=N[C@H]1C(=O)O. The predicted octanol–water partition coefficient (Wildman–Crippen LogP) is 1.99. The summed E-state index contributed by atoms with van der Waals surface area (Å²) >= 11 is 1.48. The molecule has 5 heteroatoms. The van der Waals surface area contributed by atoms with Crippen LogP contribution in [0.15, 0.2) is 29.3 Å². The molecule has 2 rings (SSSR count). The third-order valence-electron chi connectivity index (χ3n) is 2.63. The molecule has 1 aliphatic rings. The maximum atomic E-state index is 11.1. The molecule has 1 atom stereocenters. The number of carbonyl (C=O) groups is 1. The minimum absolute atomic E-state index is 0.425. The Labute approximate surface area is 104 Å². The first kappa shape index (κ1) is 12.0. The van der Waals surface area contributed by atoms with Crippen molar-refractivity contribution in [1.29, 1.82) is 0 Å². The van der Waals surface area contributed by atoms with E-state index in [9.17, 15) is 4.79 Å². The number of nitrogen functional groups attached to an aromatic ring is 1. The highest BCUT2D eigenvalue weighted by Crippen LogP contribution is 2.40. The average molecular weight is 250 g/mol. The van der Waals surface area contributed by atoms with Gasteiger partial charge >= 0.3 is 5.97 Å². The van der Waals surface area contributed by atoms with E-state index in [1.165, 1.54) is 11.8 Å². The maximum absolute atomic E-state index is 11.1. The molecule has 0 unspecified atom stereocenters. The first-order valence-corrected chi connectivity index (χ1v) is 6.07. The number of anilines is 1. The summed E-state index contributed by atoms with van der Waals surface area (Å²) in [5.74, 6) is -0.888. The minimum Gasteiger partial charge on any atom is -0.480 e. The van der Waals surface area contributed by atoms with Crippen molar-refractivity contribution < 1.29 is 9.90 Å².